The second-order valence-electron chi connectivity index (χ2n) is 4.83. The van der Waals surface area contributed by atoms with Gasteiger partial charge in [-0.3, -0.25) is 0 Å². The van der Waals surface area contributed by atoms with Crippen molar-refractivity contribution >= 4 is 5.95 Å². The Kier molecular flexibility index (Phi) is 5.60. The number of nitrogens with one attached hydrogen (secondary N) is 1. The van der Waals surface area contributed by atoms with Crippen LogP contribution < -0.4 is 10.2 Å². The standard InChI is InChI=1S/C13H24N4O2/c1-3-5-11(14-4-2)10-12-15-13(16-19-12)17-6-8-18-9-7-17/h11,14H,3-10H2,1-2H3. The van der Waals surface area contributed by atoms with Crippen LogP contribution in [0.15, 0.2) is 4.52 Å². The first-order chi connectivity index (χ1) is 9.33. The van der Waals surface area contributed by atoms with E-state index in [9.17, 15) is 0 Å². The van der Waals surface area contributed by atoms with Crippen molar-refractivity contribution < 1.29 is 9.26 Å². The van der Waals surface area contributed by atoms with Gasteiger partial charge >= 0.3 is 0 Å². The third kappa shape index (κ3) is 4.18. The van der Waals surface area contributed by atoms with Crippen molar-refractivity contribution in [2.45, 2.75) is 39.2 Å². The van der Waals surface area contributed by atoms with Crippen molar-refractivity contribution in [2.75, 3.05) is 37.7 Å². The Morgan fingerprint density at radius 1 is 1.32 bits per heavy atom. The molecule has 0 saturated carbocycles. The average Bonchev–Trinajstić information content (AvgIpc) is 2.89. The molecule has 2 rings (SSSR count). The predicted octanol–water partition coefficient (Wildman–Crippen LogP) is 1.23. The number of aromatic nitrogens is 2. The van der Waals surface area contributed by atoms with Crippen molar-refractivity contribution in [1.82, 2.24) is 15.5 Å². The van der Waals surface area contributed by atoms with Gasteiger partial charge in [-0.15, -0.1) is 0 Å². The molecule has 2 heterocycles. The van der Waals surface area contributed by atoms with E-state index in [0.29, 0.717) is 12.0 Å². The second-order valence-corrected chi connectivity index (χ2v) is 4.83. The number of hydrogen-bond donors (Lipinski definition) is 1. The van der Waals surface area contributed by atoms with Crippen LogP contribution in [0.3, 0.4) is 0 Å². The minimum atomic E-state index is 0.424. The summed E-state index contributed by atoms with van der Waals surface area (Å²) in [7, 11) is 0. The topological polar surface area (TPSA) is 63.4 Å². The Labute approximate surface area is 114 Å². The summed E-state index contributed by atoms with van der Waals surface area (Å²) in [5.41, 5.74) is 0. The smallest absolute Gasteiger partial charge is 0.266 e. The molecule has 1 aliphatic rings. The molecule has 1 aliphatic heterocycles. The molecule has 0 amide bonds. The summed E-state index contributed by atoms with van der Waals surface area (Å²) in [6, 6.07) is 0.424. The van der Waals surface area contributed by atoms with E-state index in [1.54, 1.807) is 0 Å². The number of morpholine rings is 1. The fourth-order valence-corrected chi connectivity index (χ4v) is 2.34. The highest BCUT2D eigenvalue weighted by molar-refractivity contribution is 5.28. The molecule has 1 unspecified atom stereocenters. The summed E-state index contributed by atoms with van der Waals surface area (Å²) < 4.78 is 10.7. The first-order valence-corrected chi connectivity index (χ1v) is 7.22. The molecular weight excluding hydrogens is 244 g/mol. The number of ether oxygens (including phenoxy) is 1. The first-order valence-electron chi connectivity index (χ1n) is 7.22. The lowest BCUT2D eigenvalue weighted by atomic mass is 10.1. The fourth-order valence-electron chi connectivity index (χ4n) is 2.34. The normalized spacial score (nSPS) is 17.7. The molecule has 1 fully saturated rings. The van der Waals surface area contributed by atoms with Crippen molar-refractivity contribution in [3.05, 3.63) is 5.89 Å². The Morgan fingerprint density at radius 3 is 2.79 bits per heavy atom. The molecule has 1 aromatic heterocycles. The molecule has 0 spiro atoms. The maximum absolute atomic E-state index is 5.36. The van der Waals surface area contributed by atoms with Gasteiger partial charge in [0, 0.05) is 25.6 Å². The van der Waals surface area contributed by atoms with Gasteiger partial charge in [0.1, 0.15) is 0 Å². The van der Waals surface area contributed by atoms with Crippen molar-refractivity contribution in [1.29, 1.82) is 0 Å². The lowest BCUT2D eigenvalue weighted by molar-refractivity contribution is 0.121. The minimum Gasteiger partial charge on any atom is -0.378 e. The van der Waals surface area contributed by atoms with Crippen LogP contribution >= 0.6 is 0 Å². The lowest BCUT2D eigenvalue weighted by Gasteiger charge is -2.24. The van der Waals surface area contributed by atoms with E-state index in [0.717, 1.165) is 58.0 Å². The molecule has 1 aromatic rings. The van der Waals surface area contributed by atoms with Crippen molar-refractivity contribution in [3.8, 4) is 0 Å². The number of likely N-dealkylation sites (N-methyl/N-ethyl adjacent to an activating group) is 1. The maximum atomic E-state index is 5.36. The Hall–Kier alpha value is -1.14. The Morgan fingerprint density at radius 2 is 2.11 bits per heavy atom. The zero-order valence-electron chi connectivity index (χ0n) is 11.9. The molecule has 6 nitrogen and oxygen atoms in total. The molecule has 6 heteroatoms. The first kappa shape index (κ1) is 14.3. The predicted molar refractivity (Wildman–Crippen MR) is 73.4 cm³/mol. The Bertz CT molecular complexity index is 357. The van der Waals surface area contributed by atoms with Crippen LogP contribution in [-0.4, -0.2) is 49.0 Å². The summed E-state index contributed by atoms with van der Waals surface area (Å²) in [6.45, 7) is 8.43. The van der Waals surface area contributed by atoms with Crippen LogP contribution in [0.5, 0.6) is 0 Å². The number of rotatable bonds is 7. The van der Waals surface area contributed by atoms with E-state index in [-0.39, 0.29) is 0 Å². The SMILES string of the molecule is CCCC(Cc1nc(N2CCOCC2)no1)NCC. The van der Waals surface area contributed by atoms with Gasteiger partial charge in [0.05, 0.1) is 13.2 Å². The van der Waals surface area contributed by atoms with Gasteiger partial charge in [0.15, 0.2) is 0 Å². The van der Waals surface area contributed by atoms with Crippen LogP contribution in [0.25, 0.3) is 0 Å². The highest BCUT2D eigenvalue weighted by atomic mass is 16.5. The highest BCUT2D eigenvalue weighted by Gasteiger charge is 2.18. The number of anilines is 1. The van der Waals surface area contributed by atoms with Gasteiger partial charge in [-0.25, -0.2) is 0 Å². The van der Waals surface area contributed by atoms with Crippen LogP contribution in [0.2, 0.25) is 0 Å². The quantitative estimate of drug-likeness (QED) is 0.802. The molecule has 1 N–H and O–H groups in total. The lowest BCUT2D eigenvalue weighted by Crippen LogP contribution is -2.37. The van der Waals surface area contributed by atoms with Gasteiger partial charge in [-0.2, -0.15) is 4.98 Å². The summed E-state index contributed by atoms with van der Waals surface area (Å²) in [5.74, 6) is 1.42. The summed E-state index contributed by atoms with van der Waals surface area (Å²) in [4.78, 5) is 6.60. The van der Waals surface area contributed by atoms with Gasteiger partial charge < -0.3 is 19.5 Å². The van der Waals surface area contributed by atoms with E-state index in [2.05, 4.69) is 34.2 Å². The largest absolute Gasteiger partial charge is 0.378 e. The number of nitrogens with zero attached hydrogens (tertiary/aromatic N) is 3. The number of hydrogen-bond acceptors (Lipinski definition) is 6. The van der Waals surface area contributed by atoms with E-state index < -0.39 is 0 Å². The zero-order valence-corrected chi connectivity index (χ0v) is 11.9. The monoisotopic (exact) mass is 268 g/mol. The fraction of sp³-hybridized carbons (Fsp3) is 0.846. The molecule has 0 radical (unpaired) electrons. The van der Waals surface area contributed by atoms with E-state index >= 15 is 0 Å². The second kappa shape index (κ2) is 7.45. The Balaban J connectivity index is 1.91. The maximum Gasteiger partial charge on any atom is 0.266 e. The molecule has 1 atom stereocenters. The van der Waals surface area contributed by atoms with Gasteiger partial charge in [0.25, 0.3) is 5.95 Å². The van der Waals surface area contributed by atoms with Crippen LogP contribution in [-0.2, 0) is 11.2 Å². The van der Waals surface area contributed by atoms with Crippen molar-refractivity contribution in [3.63, 3.8) is 0 Å². The zero-order chi connectivity index (χ0) is 13.5. The molecule has 1 saturated heterocycles. The molecule has 19 heavy (non-hydrogen) atoms. The molecule has 0 bridgehead atoms. The van der Waals surface area contributed by atoms with E-state index in [1.165, 1.54) is 0 Å². The van der Waals surface area contributed by atoms with Gasteiger partial charge in [-0.05, 0) is 18.1 Å². The van der Waals surface area contributed by atoms with E-state index in [1.807, 2.05) is 0 Å². The summed E-state index contributed by atoms with van der Waals surface area (Å²) >= 11 is 0. The van der Waals surface area contributed by atoms with E-state index in [4.69, 9.17) is 9.26 Å². The molecule has 0 aromatic carbocycles. The van der Waals surface area contributed by atoms with Gasteiger partial charge in [-0.1, -0.05) is 20.3 Å². The van der Waals surface area contributed by atoms with Crippen LogP contribution in [0.4, 0.5) is 5.95 Å². The summed E-state index contributed by atoms with van der Waals surface area (Å²) in [5, 5.41) is 7.53. The minimum absolute atomic E-state index is 0.424. The average molecular weight is 268 g/mol. The summed E-state index contributed by atoms with van der Waals surface area (Å²) in [6.07, 6.45) is 3.09. The van der Waals surface area contributed by atoms with Crippen molar-refractivity contribution in [2.24, 2.45) is 0 Å². The molecule has 108 valence electrons. The van der Waals surface area contributed by atoms with Crippen LogP contribution in [0.1, 0.15) is 32.6 Å². The third-order valence-electron chi connectivity index (χ3n) is 3.30. The molecular formula is C13H24N4O2. The van der Waals surface area contributed by atoms with Gasteiger partial charge in [0.2, 0.25) is 5.89 Å². The molecule has 0 aliphatic carbocycles. The third-order valence-corrected chi connectivity index (χ3v) is 3.30. The van der Waals surface area contributed by atoms with Crippen LogP contribution in [0, 0.1) is 0 Å². The highest BCUT2D eigenvalue weighted by Crippen LogP contribution is 2.13.